The topological polar surface area (TPSA) is 77.0 Å². The molecule has 2 fully saturated rings. The van der Waals surface area contributed by atoms with Gasteiger partial charge in [-0.05, 0) is 42.9 Å². The standard InChI is InChI=1S/C22H33N5O2/c1-4-22(3)10-12-27(16-22)21(23-5-2)25-14-17-6-8-18(9-7-17)20(29)26-13-11-24-19(28)15-26/h6-9H,4-5,10-16H2,1-3H3,(H,23,25)(H,24,28). The van der Waals surface area contributed by atoms with Crippen LogP contribution < -0.4 is 10.6 Å². The van der Waals surface area contributed by atoms with E-state index in [4.69, 9.17) is 4.99 Å². The van der Waals surface area contributed by atoms with Gasteiger partial charge in [0.2, 0.25) is 5.91 Å². The van der Waals surface area contributed by atoms with E-state index >= 15 is 0 Å². The molecular formula is C22H33N5O2. The molecule has 2 N–H and O–H groups in total. The van der Waals surface area contributed by atoms with Crippen molar-refractivity contribution in [1.82, 2.24) is 20.4 Å². The summed E-state index contributed by atoms with van der Waals surface area (Å²) in [5.74, 6) is 0.760. The number of aliphatic imine (C=N–C) groups is 1. The number of likely N-dealkylation sites (tertiary alicyclic amines) is 1. The molecule has 2 saturated heterocycles. The Balaban J connectivity index is 1.63. The van der Waals surface area contributed by atoms with E-state index in [2.05, 4.69) is 36.3 Å². The predicted octanol–water partition coefficient (Wildman–Crippen LogP) is 1.85. The Morgan fingerprint density at radius 1 is 1.21 bits per heavy atom. The van der Waals surface area contributed by atoms with Crippen LogP contribution in [0.5, 0.6) is 0 Å². The number of piperazine rings is 1. The fraction of sp³-hybridized carbons (Fsp3) is 0.591. The lowest BCUT2D eigenvalue weighted by atomic mass is 9.87. The van der Waals surface area contributed by atoms with E-state index in [1.54, 1.807) is 4.90 Å². The van der Waals surface area contributed by atoms with Crippen LogP contribution in [-0.4, -0.2) is 66.8 Å². The van der Waals surface area contributed by atoms with Crippen molar-refractivity contribution in [2.24, 2.45) is 10.4 Å². The third kappa shape index (κ3) is 5.28. The number of amides is 2. The minimum Gasteiger partial charge on any atom is -0.357 e. The summed E-state index contributed by atoms with van der Waals surface area (Å²) in [6, 6.07) is 7.56. The van der Waals surface area contributed by atoms with Gasteiger partial charge in [0.1, 0.15) is 0 Å². The van der Waals surface area contributed by atoms with Crippen molar-refractivity contribution < 1.29 is 9.59 Å². The summed E-state index contributed by atoms with van der Waals surface area (Å²) in [5, 5.41) is 6.15. The average molecular weight is 400 g/mol. The van der Waals surface area contributed by atoms with Crippen molar-refractivity contribution in [3.63, 3.8) is 0 Å². The van der Waals surface area contributed by atoms with Crippen LogP contribution in [0.15, 0.2) is 29.3 Å². The monoisotopic (exact) mass is 399 g/mol. The second-order valence-electron chi connectivity index (χ2n) is 8.28. The highest BCUT2D eigenvalue weighted by Gasteiger charge is 2.33. The van der Waals surface area contributed by atoms with Gasteiger partial charge in [0, 0.05) is 38.3 Å². The second kappa shape index (κ2) is 9.29. The Morgan fingerprint density at radius 2 is 1.97 bits per heavy atom. The number of benzene rings is 1. The molecule has 158 valence electrons. The van der Waals surface area contributed by atoms with Crippen LogP contribution in [0, 0.1) is 5.41 Å². The minimum absolute atomic E-state index is 0.0980. The molecule has 0 bridgehead atoms. The molecule has 1 atom stereocenters. The molecule has 2 aliphatic rings. The lowest BCUT2D eigenvalue weighted by molar-refractivity contribution is -0.123. The van der Waals surface area contributed by atoms with Crippen molar-refractivity contribution in [1.29, 1.82) is 0 Å². The Labute approximate surface area is 173 Å². The number of nitrogens with zero attached hydrogens (tertiary/aromatic N) is 3. The second-order valence-corrected chi connectivity index (χ2v) is 8.28. The molecule has 0 aliphatic carbocycles. The summed E-state index contributed by atoms with van der Waals surface area (Å²) in [5.41, 5.74) is 2.03. The minimum atomic E-state index is -0.104. The van der Waals surface area contributed by atoms with Gasteiger partial charge < -0.3 is 20.4 Å². The maximum atomic E-state index is 12.6. The molecular weight excluding hydrogens is 366 g/mol. The van der Waals surface area contributed by atoms with Crippen LogP contribution in [0.3, 0.4) is 0 Å². The lowest BCUT2D eigenvalue weighted by Gasteiger charge is -2.26. The van der Waals surface area contributed by atoms with Crippen LogP contribution >= 0.6 is 0 Å². The highest BCUT2D eigenvalue weighted by molar-refractivity contribution is 5.97. The largest absolute Gasteiger partial charge is 0.357 e. The number of guanidine groups is 1. The number of carbonyl (C=O) groups is 2. The zero-order valence-electron chi connectivity index (χ0n) is 17.8. The molecule has 2 heterocycles. The van der Waals surface area contributed by atoms with Crippen molar-refractivity contribution in [2.45, 2.75) is 40.2 Å². The van der Waals surface area contributed by atoms with Crippen LogP contribution in [0.2, 0.25) is 0 Å². The van der Waals surface area contributed by atoms with Crippen LogP contribution in [0.4, 0.5) is 0 Å². The van der Waals surface area contributed by atoms with Crippen LogP contribution in [0.1, 0.15) is 49.5 Å². The summed E-state index contributed by atoms with van der Waals surface area (Å²) in [6.45, 7) is 11.4. The molecule has 2 amide bonds. The first-order chi connectivity index (χ1) is 13.9. The number of nitrogens with one attached hydrogen (secondary N) is 2. The maximum Gasteiger partial charge on any atom is 0.254 e. The number of rotatable bonds is 5. The molecule has 1 aromatic carbocycles. The number of hydrogen-bond acceptors (Lipinski definition) is 3. The van der Waals surface area contributed by atoms with Gasteiger partial charge in [-0.2, -0.15) is 0 Å². The average Bonchev–Trinajstić information content (AvgIpc) is 3.13. The molecule has 0 radical (unpaired) electrons. The fourth-order valence-corrected chi connectivity index (χ4v) is 3.83. The first-order valence-corrected chi connectivity index (χ1v) is 10.6. The molecule has 0 aromatic heterocycles. The molecule has 29 heavy (non-hydrogen) atoms. The summed E-state index contributed by atoms with van der Waals surface area (Å²) >= 11 is 0. The molecule has 1 unspecified atom stereocenters. The zero-order valence-corrected chi connectivity index (χ0v) is 17.8. The van der Waals surface area contributed by atoms with Gasteiger partial charge in [-0.15, -0.1) is 0 Å². The van der Waals surface area contributed by atoms with Gasteiger partial charge in [-0.25, -0.2) is 4.99 Å². The van der Waals surface area contributed by atoms with E-state index < -0.39 is 0 Å². The smallest absolute Gasteiger partial charge is 0.254 e. The van der Waals surface area contributed by atoms with E-state index in [0.717, 1.165) is 31.2 Å². The van der Waals surface area contributed by atoms with Crippen molar-refractivity contribution in [3.05, 3.63) is 35.4 Å². The highest BCUT2D eigenvalue weighted by Crippen LogP contribution is 2.32. The summed E-state index contributed by atoms with van der Waals surface area (Å²) in [6.07, 6.45) is 2.37. The van der Waals surface area contributed by atoms with E-state index in [-0.39, 0.29) is 18.4 Å². The third-order valence-electron chi connectivity index (χ3n) is 5.98. The molecule has 0 spiro atoms. The lowest BCUT2D eigenvalue weighted by Crippen LogP contribution is -2.49. The molecule has 1 aromatic rings. The molecule has 7 nitrogen and oxygen atoms in total. The van der Waals surface area contributed by atoms with E-state index in [1.807, 2.05) is 24.3 Å². The van der Waals surface area contributed by atoms with Crippen molar-refractivity contribution in [2.75, 3.05) is 39.3 Å². The molecule has 7 heteroatoms. The predicted molar refractivity (Wildman–Crippen MR) is 115 cm³/mol. The Bertz CT molecular complexity index is 761. The maximum absolute atomic E-state index is 12.6. The van der Waals surface area contributed by atoms with Crippen LogP contribution in [-0.2, 0) is 11.3 Å². The zero-order chi connectivity index (χ0) is 20.9. The quantitative estimate of drug-likeness (QED) is 0.585. The van der Waals surface area contributed by atoms with Crippen molar-refractivity contribution >= 4 is 17.8 Å². The summed E-state index contributed by atoms with van der Waals surface area (Å²) in [4.78, 5) is 32.8. The molecule has 3 rings (SSSR count). The summed E-state index contributed by atoms with van der Waals surface area (Å²) < 4.78 is 0. The van der Waals surface area contributed by atoms with Crippen LogP contribution in [0.25, 0.3) is 0 Å². The van der Waals surface area contributed by atoms with Gasteiger partial charge in [0.25, 0.3) is 5.91 Å². The van der Waals surface area contributed by atoms with Gasteiger partial charge in [-0.1, -0.05) is 26.0 Å². The van der Waals surface area contributed by atoms with E-state index in [9.17, 15) is 9.59 Å². The number of carbonyl (C=O) groups excluding carboxylic acids is 2. The summed E-state index contributed by atoms with van der Waals surface area (Å²) in [7, 11) is 0. The van der Waals surface area contributed by atoms with Crippen molar-refractivity contribution in [3.8, 4) is 0 Å². The first-order valence-electron chi connectivity index (χ1n) is 10.6. The normalized spacial score (nSPS) is 22.6. The number of hydrogen-bond donors (Lipinski definition) is 2. The Hall–Kier alpha value is -2.57. The fourth-order valence-electron chi connectivity index (χ4n) is 3.83. The Morgan fingerprint density at radius 3 is 2.59 bits per heavy atom. The Kier molecular flexibility index (Phi) is 6.77. The van der Waals surface area contributed by atoms with Gasteiger partial charge in [0.05, 0.1) is 13.1 Å². The van der Waals surface area contributed by atoms with E-state index in [1.165, 1.54) is 12.8 Å². The third-order valence-corrected chi connectivity index (χ3v) is 5.98. The van der Waals surface area contributed by atoms with Gasteiger partial charge >= 0.3 is 0 Å². The highest BCUT2D eigenvalue weighted by atomic mass is 16.2. The van der Waals surface area contributed by atoms with Gasteiger partial charge in [-0.3, -0.25) is 9.59 Å². The SMILES string of the molecule is CCNC(=NCc1ccc(C(=O)N2CCNC(=O)C2)cc1)N1CCC(C)(CC)C1. The van der Waals surface area contributed by atoms with Gasteiger partial charge in [0.15, 0.2) is 5.96 Å². The van der Waals surface area contributed by atoms with E-state index in [0.29, 0.717) is 30.6 Å². The molecule has 2 aliphatic heterocycles. The molecule has 0 saturated carbocycles. The first kappa shape index (κ1) is 21.1.